The van der Waals surface area contributed by atoms with Gasteiger partial charge in [0.05, 0.1) is 5.60 Å². The summed E-state index contributed by atoms with van der Waals surface area (Å²) in [5.74, 6) is 1.02. The molecule has 0 saturated carbocycles. The Labute approximate surface area is 116 Å². The highest BCUT2D eigenvalue weighted by molar-refractivity contribution is 4.97. The van der Waals surface area contributed by atoms with Crippen LogP contribution >= 0.6 is 0 Å². The highest BCUT2D eigenvalue weighted by Gasteiger charge is 2.33. The normalized spacial score (nSPS) is 16.3. The number of hydrogen-bond acceptors (Lipinski definition) is 4. The van der Waals surface area contributed by atoms with Crippen LogP contribution in [0.3, 0.4) is 0 Å². The molecule has 1 aromatic heterocycles. The van der Waals surface area contributed by atoms with Crippen molar-refractivity contribution >= 4 is 0 Å². The zero-order valence-corrected chi connectivity index (χ0v) is 12.9. The maximum Gasteiger partial charge on any atom is 0.138 e. The average Bonchev–Trinajstić information content (AvgIpc) is 2.89. The molecule has 19 heavy (non-hydrogen) atoms. The molecule has 0 saturated heterocycles. The lowest BCUT2D eigenvalue weighted by atomic mass is 9.90. The first-order valence-corrected chi connectivity index (χ1v) is 7.26. The molecule has 0 radical (unpaired) electrons. The van der Waals surface area contributed by atoms with Crippen molar-refractivity contribution in [1.82, 2.24) is 20.1 Å². The third kappa shape index (κ3) is 4.01. The summed E-state index contributed by atoms with van der Waals surface area (Å²) in [6.07, 6.45) is 4.55. The quantitative estimate of drug-likeness (QED) is 0.744. The van der Waals surface area contributed by atoms with Crippen LogP contribution in [0.25, 0.3) is 0 Å². The monoisotopic (exact) mass is 268 g/mol. The zero-order valence-electron chi connectivity index (χ0n) is 12.9. The van der Waals surface area contributed by atoms with E-state index in [4.69, 9.17) is 4.74 Å². The second kappa shape index (κ2) is 7.60. The largest absolute Gasteiger partial charge is 0.377 e. The van der Waals surface area contributed by atoms with Gasteiger partial charge in [-0.2, -0.15) is 5.10 Å². The summed E-state index contributed by atoms with van der Waals surface area (Å²) in [6.45, 7) is 10.4. The fourth-order valence-corrected chi connectivity index (χ4v) is 2.25. The Morgan fingerprint density at radius 1 is 1.42 bits per heavy atom. The standard InChI is InChI=1S/C14H28N4O/c1-6-9-15-12(14(4,7-2)19-5)10-13-16-11-17-18(13)8-3/h11-12,15H,6-10H2,1-5H3. The van der Waals surface area contributed by atoms with Gasteiger partial charge in [0.15, 0.2) is 0 Å². The molecule has 0 aliphatic heterocycles. The van der Waals surface area contributed by atoms with Gasteiger partial charge in [0.2, 0.25) is 0 Å². The molecule has 0 spiro atoms. The van der Waals surface area contributed by atoms with E-state index in [1.807, 2.05) is 4.68 Å². The van der Waals surface area contributed by atoms with Crippen LogP contribution in [0.2, 0.25) is 0 Å². The second-order valence-corrected chi connectivity index (χ2v) is 5.07. The first kappa shape index (κ1) is 16.1. The lowest BCUT2D eigenvalue weighted by Crippen LogP contribution is -2.51. The number of hydrogen-bond donors (Lipinski definition) is 1. The fraction of sp³-hybridized carbons (Fsp3) is 0.857. The third-order valence-electron chi connectivity index (χ3n) is 3.93. The van der Waals surface area contributed by atoms with E-state index in [1.165, 1.54) is 0 Å². The number of ether oxygens (including phenoxy) is 1. The molecule has 0 aliphatic carbocycles. The Kier molecular flexibility index (Phi) is 6.45. The van der Waals surface area contributed by atoms with Crippen LogP contribution in [-0.2, 0) is 17.7 Å². The van der Waals surface area contributed by atoms with Crippen LogP contribution in [0.4, 0.5) is 0 Å². The lowest BCUT2D eigenvalue weighted by molar-refractivity contribution is -0.0294. The highest BCUT2D eigenvalue weighted by atomic mass is 16.5. The lowest BCUT2D eigenvalue weighted by Gasteiger charge is -2.36. The number of aryl methyl sites for hydroxylation is 1. The van der Waals surface area contributed by atoms with Gasteiger partial charge in [-0.05, 0) is 33.2 Å². The summed E-state index contributed by atoms with van der Waals surface area (Å²) in [5.41, 5.74) is -0.181. The molecule has 5 heteroatoms. The van der Waals surface area contributed by atoms with E-state index in [1.54, 1.807) is 13.4 Å². The van der Waals surface area contributed by atoms with Crippen LogP contribution in [-0.4, -0.2) is 40.1 Å². The van der Waals surface area contributed by atoms with Crippen molar-refractivity contribution in [1.29, 1.82) is 0 Å². The Morgan fingerprint density at radius 3 is 2.68 bits per heavy atom. The molecule has 1 rings (SSSR count). The molecule has 2 atom stereocenters. The predicted molar refractivity (Wildman–Crippen MR) is 77.2 cm³/mol. The zero-order chi connectivity index (χ0) is 14.3. The summed E-state index contributed by atoms with van der Waals surface area (Å²) in [5, 5.41) is 7.83. The van der Waals surface area contributed by atoms with Gasteiger partial charge >= 0.3 is 0 Å². The van der Waals surface area contributed by atoms with E-state index >= 15 is 0 Å². The van der Waals surface area contributed by atoms with Crippen molar-refractivity contribution in [2.75, 3.05) is 13.7 Å². The van der Waals surface area contributed by atoms with E-state index in [-0.39, 0.29) is 11.6 Å². The van der Waals surface area contributed by atoms with Gasteiger partial charge in [0, 0.05) is 26.1 Å². The smallest absolute Gasteiger partial charge is 0.138 e. The molecule has 110 valence electrons. The van der Waals surface area contributed by atoms with Crippen molar-refractivity contribution in [3.8, 4) is 0 Å². The average molecular weight is 268 g/mol. The van der Waals surface area contributed by atoms with Gasteiger partial charge < -0.3 is 10.1 Å². The number of nitrogens with one attached hydrogen (secondary N) is 1. The van der Waals surface area contributed by atoms with Crippen molar-refractivity contribution in [3.63, 3.8) is 0 Å². The number of nitrogens with zero attached hydrogens (tertiary/aromatic N) is 3. The van der Waals surface area contributed by atoms with E-state index in [9.17, 15) is 0 Å². The molecule has 2 unspecified atom stereocenters. The van der Waals surface area contributed by atoms with Gasteiger partial charge in [-0.3, -0.25) is 4.68 Å². The van der Waals surface area contributed by atoms with Crippen molar-refractivity contribution < 1.29 is 4.74 Å². The molecule has 1 aromatic rings. The minimum atomic E-state index is -0.181. The topological polar surface area (TPSA) is 52.0 Å². The molecular formula is C14H28N4O. The first-order valence-electron chi connectivity index (χ1n) is 7.26. The minimum absolute atomic E-state index is 0.181. The van der Waals surface area contributed by atoms with Gasteiger partial charge in [-0.25, -0.2) is 4.98 Å². The third-order valence-corrected chi connectivity index (χ3v) is 3.93. The number of rotatable bonds is 9. The maximum absolute atomic E-state index is 5.75. The minimum Gasteiger partial charge on any atom is -0.377 e. The molecule has 5 nitrogen and oxygen atoms in total. The molecule has 1 heterocycles. The SMILES string of the molecule is CCCNC(Cc1ncnn1CC)C(C)(CC)OC. The van der Waals surface area contributed by atoms with E-state index < -0.39 is 0 Å². The fourth-order valence-electron chi connectivity index (χ4n) is 2.25. The van der Waals surface area contributed by atoms with Crippen molar-refractivity contribution in [2.45, 2.75) is 65.1 Å². The summed E-state index contributed by atoms with van der Waals surface area (Å²) >= 11 is 0. The highest BCUT2D eigenvalue weighted by Crippen LogP contribution is 2.22. The summed E-state index contributed by atoms with van der Waals surface area (Å²) in [7, 11) is 1.79. The number of methoxy groups -OCH3 is 1. The maximum atomic E-state index is 5.75. The Bertz CT molecular complexity index is 360. The van der Waals surface area contributed by atoms with Crippen molar-refractivity contribution in [3.05, 3.63) is 12.2 Å². The van der Waals surface area contributed by atoms with Gasteiger partial charge in [-0.1, -0.05) is 13.8 Å². The molecule has 0 bridgehead atoms. The van der Waals surface area contributed by atoms with Crippen LogP contribution in [0, 0.1) is 0 Å². The first-order chi connectivity index (χ1) is 9.11. The number of aromatic nitrogens is 3. The van der Waals surface area contributed by atoms with Crippen LogP contribution < -0.4 is 5.32 Å². The van der Waals surface area contributed by atoms with Gasteiger partial charge in [0.1, 0.15) is 12.2 Å². The Morgan fingerprint density at radius 2 is 2.16 bits per heavy atom. The van der Waals surface area contributed by atoms with E-state index in [0.29, 0.717) is 0 Å². The summed E-state index contributed by atoms with van der Waals surface area (Å²) < 4.78 is 7.70. The van der Waals surface area contributed by atoms with E-state index in [2.05, 4.69) is 43.1 Å². The van der Waals surface area contributed by atoms with Crippen LogP contribution in [0.1, 0.15) is 46.4 Å². The van der Waals surface area contributed by atoms with Gasteiger partial charge in [0.25, 0.3) is 0 Å². The Hall–Kier alpha value is -0.940. The molecule has 1 N–H and O–H groups in total. The molecule has 0 fully saturated rings. The summed E-state index contributed by atoms with van der Waals surface area (Å²) in [4.78, 5) is 4.37. The van der Waals surface area contributed by atoms with Gasteiger partial charge in [-0.15, -0.1) is 0 Å². The van der Waals surface area contributed by atoms with Crippen LogP contribution in [0.5, 0.6) is 0 Å². The predicted octanol–water partition coefficient (Wildman–Crippen LogP) is 2.02. The Balaban J connectivity index is 2.85. The summed E-state index contributed by atoms with van der Waals surface area (Å²) in [6, 6.07) is 0.247. The molecule has 0 aromatic carbocycles. The van der Waals surface area contributed by atoms with Crippen molar-refractivity contribution in [2.24, 2.45) is 0 Å². The second-order valence-electron chi connectivity index (χ2n) is 5.07. The van der Waals surface area contributed by atoms with E-state index in [0.717, 1.165) is 38.2 Å². The molecule has 0 aliphatic rings. The molecule has 0 amide bonds. The van der Waals surface area contributed by atoms with Crippen LogP contribution in [0.15, 0.2) is 6.33 Å². The molecular weight excluding hydrogens is 240 g/mol.